The minimum atomic E-state index is -0.719. The maximum absolute atomic E-state index is 12.8. The minimum Gasteiger partial charge on any atom is -0.497 e. The van der Waals surface area contributed by atoms with Gasteiger partial charge in [-0.15, -0.1) is 0 Å². The summed E-state index contributed by atoms with van der Waals surface area (Å²) in [4.78, 5) is 41.9. The molecule has 33 heavy (non-hydrogen) atoms. The minimum absolute atomic E-state index is 0.0716. The van der Waals surface area contributed by atoms with Crippen molar-refractivity contribution in [2.45, 2.75) is 25.3 Å². The predicted molar refractivity (Wildman–Crippen MR) is 123 cm³/mol. The summed E-state index contributed by atoms with van der Waals surface area (Å²) < 4.78 is 10.4. The molecular formula is C24H26N4O5. The van der Waals surface area contributed by atoms with E-state index in [0.29, 0.717) is 23.6 Å². The molecule has 1 aliphatic heterocycles. The molecule has 0 saturated carbocycles. The molecule has 0 aliphatic carbocycles. The Balaban J connectivity index is 1.31. The lowest BCUT2D eigenvalue weighted by Crippen LogP contribution is -2.33. The molecule has 9 nitrogen and oxygen atoms in total. The van der Waals surface area contributed by atoms with Crippen LogP contribution in [0.2, 0.25) is 0 Å². The number of carbonyl (C=O) groups excluding carboxylic acids is 3. The molecule has 4 rings (SSSR count). The molecule has 3 aromatic rings. The van der Waals surface area contributed by atoms with Crippen molar-refractivity contribution in [3.8, 4) is 11.5 Å². The van der Waals surface area contributed by atoms with Gasteiger partial charge in [0.25, 0.3) is 5.91 Å². The van der Waals surface area contributed by atoms with Gasteiger partial charge in [0.05, 0.1) is 19.9 Å². The number of nitrogens with zero attached hydrogens (tertiary/aromatic N) is 1. The lowest BCUT2D eigenvalue weighted by molar-refractivity contribution is -0.127. The molecule has 2 aromatic carbocycles. The van der Waals surface area contributed by atoms with Crippen molar-refractivity contribution in [2.75, 3.05) is 26.1 Å². The van der Waals surface area contributed by atoms with Gasteiger partial charge in [0.15, 0.2) is 0 Å². The van der Waals surface area contributed by atoms with Crippen LogP contribution >= 0.6 is 0 Å². The van der Waals surface area contributed by atoms with E-state index in [2.05, 4.69) is 15.6 Å². The zero-order valence-corrected chi connectivity index (χ0v) is 18.5. The third-order valence-electron chi connectivity index (χ3n) is 5.73. The smallest absolute Gasteiger partial charge is 0.324 e. The van der Waals surface area contributed by atoms with Crippen LogP contribution in [-0.2, 0) is 16.0 Å². The van der Waals surface area contributed by atoms with Crippen LogP contribution < -0.4 is 20.1 Å². The maximum atomic E-state index is 12.8. The Bertz CT molecular complexity index is 1190. The second-order valence-electron chi connectivity index (χ2n) is 7.75. The van der Waals surface area contributed by atoms with Crippen LogP contribution in [0.25, 0.3) is 10.9 Å². The number of carbonyl (C=O) groups is 3. The normalized spacial score (nSPS) is 15.6. The predicted octanol–water partition coefficient (Wildman–Crippen LogP) is 3.07. The van der Waals surface area contributed by atoms with Crippen LogP contribution in [-0.4, -0.2) is 54.5 Å². The number of methoxy groups -OCH3 is 2. The summed E-state index contributed by atoms with van der Waals surface area (Å²) >= 11 is 0. The fourth-order valence-corrected chi connectivity index (χ4v) is 3.94. The van der Waals surface area contributed by atoms with Gasteiger partial charge in [-0.3, -0.25) is 14.5 Å². The number of urea groups is 1. The molecule has 1 aliphatic rings. The summed E-state index contributed by atoms with van der Waals surface area (Å²) in [6, 6.07) is 11.8. The van der Waals surface area contributed by atoms with Crippen molar-refractivity contribution in [3.63, 3.8) is 0 Å². The number of para-hydroxylation sites is 1. The molecule has 3 N–H and O–H groups in total. The first-order chi connectivity index (χ1) is 16.0. The molecular weight excluding hydrogens is 424 g/mol. The van der Waals surface area contributed by atoms with Gasteiger partial charge in [-0.25, -0.2) is 4.79 Å². The highest BCUT2D eigenvalue weighted by Gasteiger charge is 2.37. The van der Waals surface area contributed by atoms with Crippen LogP contribution in [0.3, 0.4) is 0 Å². The first-order valence-corrected chi connectivity index (χ1v) is 10.7. The van der Waals surface area contributed by atoms with E-state index < -0.39 is 12.1 Å². The number of aromatic amines is 1. The molecule has 1 aromatic heterocycles. The highest BCUT2D eigenvalue weighted by Crippen LogP contribution is 2.29. The Labute approximate surface area is 191 Å². The van der Waals surface area contributed by atoms with Gasteiger partial charge >= 0.3 is 6.03 Å². The fraction of sp³-hybridized carbons (Fsp3) is 0.292. The topological polar surface area (TPSA) is 113 Å². The molecule has 0 radical (unpaired) electrons. The van der Waals surface area contributed by atoms with E-state index in [-0.39, 0.29) is 31.2 Å². The quantitative estimate of drug-likeness (QED) is 0.434. The van der Waals surface area contributed by atoms with E-state index in [1.165, 1.54) is 12.0 Å². The third-order valence-corrected chi connectivity index (χ3v) is 5.73. The van der Waals surface area contributed by atoms with Gasteiger partial charge in [-0.05, 0) is 36.6 Å². The third kappa shape index (κ3) is 4.77. The number of benzene rings is 2. The van der Waals surface area contributed by atoms with Crippen molar-refractivity contribution >= 4 is 34.4 Å². The Kier molecular flexibility index (Phi) is 6.48. The van der Waals surface area contributed by atoms with Gasteiger partial charge in [0, 0.05) is 36.1 Å². The summed E-state index contributed by atoms with van der Waals surface area (Å²) in [6.07, 6.45) is 2.73. The van der Waals surface area contributed by atoms with Crippen molar-refractivity contribution < 1.29 is 23.9 Å². The zero-order valence-electron chi connectivity index (χ0n) is 18.5. The van der Waals surface area contributed by atoms with Crippen molar-refractivity contribution in [3.05, 3.63) is 54.2 Å². The lowest BCUT2D eigenvalue weighted by Gasteiger charge is -2.13. The summed E-state index contributed by atoms with van der Waals surface area (Å²) in [5, 5.41) is 6.54. The number of anilines is 1. The van der Waals surface area contributed by atoms with E-state index in [9.17, 15) is 14.4 Å². The molecule has 1 saturated heterocycles. The van der Waals surface area contributed by atoms with Crippen LogP contribution in [0, 0.1) is 0 Å². The van der Waals surface area contributed by atoms with Crippen LogP contribution in [0.1, 0.15) is 18.4 Å². The molecule has 1 fully saturated rings. The summed E-state index contributed by atoms with van der Waals surface area (Å²) in [6.45, 7) is 0.276. The van der Waals surface area contributed by atoms with Crippen LogP contribution in [0.5, 0.6) is 11.5 Å². The molecule has 9 heteroatoms. The number of aromatic nitrogens is 1. The van der Waals surface area contributed by atoms with E-state index in [1.807, 2.05) is 30.5 Å². The number of rotatable bonds is 9. The molecule has 1 atom stereocenters. The maximum Gasteiger partial charge on any atom is 0.324 e. The SMILES string of the molecule is COc1ccc(NC(=O)CC[C@@H]2NC(=O)N(CCc3c[nH]c4ccccc34)C2=O)c(OC)c1. The molecule has 0 bridgehead atoms. The monoisotopic (exact) mass is 450 g/mol. The molecule has 0 spiro atoms. The fourth-order valence-electron chi connectivity index (χ4n) is 3.94. The van der Waals surface area contributed by atoms with E-state index in [0.717, 1.165) is 16.5 Å². The first-order valence-electron chi connectivity index (χ1n) is 10.7. The number of amides is 4. The second-order valence-corrected chi connectivity index (χ2v) is 7.75. The summed E-state index contributed by atoms with van der Waals surface area (Å²) in [5.74, 6) is 0.487. The number of H-pyrrole nitrogens is 1. The van der Waals surface area contributed by atoms with Gasteiger partial charge < -0.3 is 25.1 Å². The van der Waals surface area contributed by atoms with E-state index in [4.69, 9.17) is 9.47 Å². The summed E-state index contributed by atoms with van der Waals surface area (Å²) in [7, 11) is 3.05. The Morgan fingerprint density at radius 1 is 1.12 bits per heavy atom. The number of nitrogens with one attached hydrogen (secondary N) is 3. The van der Waals surface area contributed by atoms with Crippen LogP contribution in [0.4, 0.5) is 10.5 Å². The van der Waals surface area contributed by atoms with Gasteiger partial charge in [0.2, 0.25) is 5.91 Å². The molecule has 2 heterocycles. The summed E-state index contributed by atoms with van der Waals surface area (Å²) in [5.41, 5.74) is 2.56. The second kappa shape index (κ2) is 9.64. The number of imide groups is 1. The number of hydrogen-bond acceptors (Lipinski definition) is 5. The highest BCUT2D eigenvalue weighted by atomic mass is 16.5. The van der Waals surface area contributed by atoms with E-state index >= 15 is 0 Å². The first kappa shape index (κ1) is 22.2. The molecule has 0 unspecified atom stereocenters. The van der Waals surface area contributed by atoms with Crippen molar-refractivity contribution in [2.24, 2.45) is 0 Å². The molecule has 172 valence electrons. The van der Waals surface area contributed by atoms with Crippen molar-refractivity contribution in [1.29, 1.82) is 0 Å². The van der Waals surface area contributed by atoms with E-state index in [1.54, 1.807) is 25.3 Å². The van der Waals surface area contributed by atoms with Gasteiger partial charge in [-0.2, -0.15) is 0 Å². The highest BCUT2D eigenvalue weighted by molar-refractivity contribution is 6.04. The van der Waals surface area contributed by atoms with Gasteiger partial charge in [-0.1, -0.05) is 18.2 Å². The lowest BCUT2D eigenvalue weighted by atomic mass is 10.1. The number of hydrogen-bond donors (Lipinski definition) is 3. The average Bonchev–Trinajstić information content (AvgIpc) is 3.36. The molecule has 4 amide bonds. The Hall–Kier alpha value is -4.01. The zero-order chi connectivity index (χ0) is 23.4. The van der Waals surface area contributed by atoms with Gasteiger partial charge in [0.1, 0.15) is 17.5 Å². The largest absolute Gasteiger partial charge is 0.497 e. The Morgan fingerprint density at radius 3 is 2.73 bits per heavy atom. The van der Waals surface area contributed by atoms with Crippen molar-refractivity contribution in [1.82, 2.24) is 15.2 Å². The van der Waals surface area contributed by atoms with Crippen LogP contribution in [0.15, 0.2) is 48.7 Å². The Morgan fingerprint density at radius 2 is 1.94 bits per heavy atom. The number of fused-ring (bicyclic) bond motifs is 1. The average molecular weight is 450 g/mol. The standard InChI is InChI=1S/C24H26N4O5/c1-32-16-7-8-19(21(13-16)33-2)26-22(29)10-9-20-23(30)28(24(31)27-20)12-11-15-14-25-18-6-4-3-5-17(15)18/h3-8,13-14,20,25H,9-12H2,1-2H3,(H,26,29)(H,27,31)/t20-/m0/s1. The number of ether oxygens (including phenoxy) is 2.